The predicted octanol–water partition coefficient (Wildman–Crippen LogP) is -0.839. The molecule has 0 heterocycles. The molecule has 0 saturated carbocycles. The van der Waals surface area contributed by atoms with Crippen LogP contribution in [0.5, 0.6) is 0 Å². The first kappa shape index (κ1) is 18.4. The molecule has 0 fully saturated rings. The Labute approximate surface area is 119 Å². The van der Waals surface area contributed by atoms with Crippen molar-refractivity contribution >= 4 is 28.7 Å². The fraction of sp³-hybridized carbons (Fsp3) is 0.727. The summed E-state index contributed by atoms with van der Waals surface area (Å²) in [5.74, 6) is -1.41. The molecule has 0 spiro atoms. The number of urea groups is 1. The summed E-state index contributed by atoms with van der Waals surface area (Å²) in [5, 5.41) is 13.7. The molecule has 0 bridgehead atoms. The molecule has 0 saturated heterocycles. The lowest BCUT2D eigenvalue weighted by atomic mass is 10.1. The van der Waals surface area contributed by atoms with Crippen molar-refractivity contribution in [2.24, 2.45) is 5.73 Å². The Balaban J connectivity index is 4.21. The number of nitrogens with two attached hydrogens (primary N) is 1. The average Bonchev–Trinajstić information content (AvgIpc) is 2.31. The number of primary amides is 1. The Morgan fingerprint density at radius 2 is 1.85 bits per heavy atom. The van der Waals surface area contributed by atoms with Crippen molar-refractivity contribution in [1.82, 2.24) is 10.6 Å². The molecule has 3 atom stereocenters. The third kappa shape index (κ3) is 9.31. The van der Waals surface area contributed by atoms with Gasteiger partial charge in [-0.3, -0.25) is 9.00 Å². The minimum Gasteiger partial charge on any atom is -0.480 e. The number of aliphatic carboxylic acids is 1. The molecule has 0 aliphatic heterocycles. The van der Waals surface area contributed by atoms with Gasteiger partial charge in [-0.25, -0.2) is 9.59 Å². The van der Waals surface area contributed by atoms with Crippen LogP contribution >= 0.6 is 0 Å². The van der Waals surface area contributed by atoms with Crippen LogP contribution in [0.15, 0.2) is 0 Å². The maximum Gasteiger partial charge on any atom is 0.326 e. The fourth-order valence-corrected chi connectivity index (χ4v) is 2.07. The zero-order chi connectivity index (χ0) is 15.7. The molecule has 0 aliphatic rings. The van der Waals surface area contributed by atoms with E-state index in [0.29, 0.717) is 12.2 Å². The number of carboxylic acid groups (broad SMARTS) is 1. The quantitative estimate of drug-likeness (QED) is 0.440. The standard InChI is InChI=1S/C11H21N3O5S/c1-7(5-6-20(2)19)13-11(18)14-8(10(16)17)3-4-9(12)15/h7-8H,3-6H2,1-2H3,(H2,12,15)(H,16,17)(H2,13,14,18). The van der Waals surface area contributed by atoms with Gasteiger partial charge in [-0.15, -0.1) is 0 Å². The topological polar surface area (TPSA) is 139 Å². The second kappa shape index (κ2) is 9.29. The maximum absolute atomic E-state index is 11.6. The molecule has 0 aromatic carbocycles. The molecule has 9 heteroatoms. The van der Waals surface area contributed by atoms with Gasteiger partial charge < -0.3 is 21.5 Å². The number of hydrogen-bond donors (Lipinski definition) is 4. The summed E-state index contributed by atoms with van der Waals surface area (Å²) < 4.78 is 10.9. The monoisotopic (exact) mass is 307 g/mol. The molecule has 8 nitrogen and oxygen atoms in total. The lowest BCUT2D eigenvalue weighted by Gasteiger charge is -2.17. The SMILES string of the molecule is CC(CCS(C)=O)NC(=O)NC(CCC(N)=O)C(=O)O. The van der Waals surface area contributed by atoms with E-state index < -0.39 is 34.7 Å². The van der Waals surface area contributed by atoms with E-state index in [2.05, 4.69) is 10.6 Å². The molecule has 3 unspecified atom stereocenters. The zero-order valence-corrected chi connectivity index (χ0v) is 12.4. The minimum atomic E-state index is -1.23. The van der Waals surface area contributed by atoms with Crippen molar-refractivity contribution in [1.29, 1.82) is 0 Å². The van der Waals surface area contributed by atoms with Gasteiger partial charge in [0.1, 0.15) is 6.04 Å². The van der Waals surface area contributed by atoms with Crippen LogP contribution in [0.25, 0.3) is 0 Å². The molecule has 0 aromatic heterocycles. The van der Waals surface area contributed by atoms with E-state index in [-0.39, 0.29) is 18.9 Å². The third-order valence-corrected chi connectivity index (χ3v) is 3.31. The summed E-state index contributed by atoms with van der Waals surface area (Å²) in [7, 11) is -0.945. The normalized spacial score (nSPS) is 14.9. The highest BCUT2D eigenvalue weighted by Crippen LogP contribution is 1.98. The summed E-state index contributed by atoms with van der Waals surface area (Å²) in [6.45, 7) is 1.73. The average molecular weight is 307 g/mol. The minimum absolute atomic E-state index is 0.0640. The molecule has 5 N–H and O–H groups in total. The summed E-state index contributed by atoms with van der Waals surface area (Å²) in [6.07, 6.45) is 1.90. The number of carboxylic acids is 1. The Kier molecular flexibility index (Phi) is 8.53. The highest BCUT2D eigenvalue weighted by atomic mass is 32.2. The van der Waals surface area contributed by atoms with E-state index >= 15 is 0 Å². The van der Waals surface area contributed by atoms with Crippen molar-refractivity contribution in [3.63, 3.8) is 0 Å². The third-order valence-electron chi connectivity index (χ3n) is 2.50. The highest BCUT2D eigenvalue weighted by Gasteiger charge is 2.21. The molecule has 20 heavy (non-hydrogen) atoms. The van der Waals surface area contributed by atoms with Crippen LogP contribution in [0.1, 0.15) is 26.2 Å². The lowest BCUT2D eigenvalue weighted by molar-refractivity contribution is -0.139. The largest absolute Gasteiger partial charge is 0.480 e. The van der Waals surface area contributed by atoms with Gasteiger partial charge >= 0.3 is 12.0 Å². The summed E-state index contributed by atoms with van der Waals surface area (Å²) in [5.41, 5.74) is 4.93. The van der Waals surface area contributed by atoms with Gasteiger partial charge in [-0.2, -0.15) is 0 Å². The first-order chi connectivity index (χ1) is 9.22. The summed E-state index contributed by atoms with van der Waals surface area (Å²) in [6, 6.07) is -2.05. The van der Waals surface area contributed by atoms with Crippen LogP contribution < -0.4 is 16.4 Å². The number of rotatable bonds is 9. The Hall–Kier alpha value is -1.64. The summed E-state index contributed by atoms with van der Waals surface area (Å²) in [4.78, 5) is 33.1. The van der Waals surface area contributed by atoms with Gasteiger partial charge in [0.05, 0.1) is 0 Å². The van der Waals surface area contributed by atoms with E-state index in [4.69, 9.17) is 10.8 Å². The second-order valence-corrected chi connectivity index (χ2v) is 6.04. The van der Waals surface area contributed by atoms with Crippen LogP contribution in [0, 0.1) is 0 Å². The van der Waals surface area contributed by atoms with Gasteiger partial charge in [0, 0.05) is 35.3 Å². The highest BCUT2D eigenvalue weighted by molar-refractivity contribution is 7.84. The number of carbonyl (C=O) groups excluding carboxylic acids is 2. The van der Waals surface area contributed by atoms with Crippen molar-refractivity contribution in [2.75, 3.05) is 12.0 Å². The van der Waals surface area contributed by atoms with Gasteiger partial charge in [0.2, 0.25) is 5.91 Å². The fourth-order valence-electron chi connectivity index (χ4n) is 1.38. The molecule has 116 valence electrons. The van der Waals surface area contributed by atoms with E-state index in [1.807, 2.05) is 0 Å². The van der Waals surface area contributed by atoms with E-state index in [1.165, 1.54) is 0 Å². The van der Waals surface area contributed by atoms with Gasteiger partial charge in [0.15, 0.2) is 0 Å². The van der Waals surface area contributed by atoms with Crippen molar-refractivity contribution in [3.8, 4) is 0 Å². The van der Waals surface area contributed by atoms with Crippen molar-refractivity contribution < 1.29 is 23.7 Å². The van der Waals surface area contributed by atoms with Crippen LogP contribution in [0.2, 0.25) is 0 Å². The zero-order valence-electron chi connectivity index (χ0n) is 11.5. The van der Waals surface area contributed by atoms with E-state index in [9.17, 15) is 18.6 Å². The molecular formula is C11H21N3O5S. The van der Waals surface area contributed by atoms with Gasteiger partial charge in [-0.05, 0) is 19.8 Å². The molecular weight excluding hydrogens is 286 g/mol. The summed E-state index contributed by atoms with van der Waals surface area (Å²) >= 11 is 0. The van der Waals surface area contributed by atoms with Gasteiger partial charge in [0.25, 0.3) is 0 Å². The molecule has 3 amide bonds. The Morgan fingerprint density at radius 3 is 2.30 bits per heavy atom. The molecule has 0 aliphatic carbocycles. The predicted molar refractivity (Wildman–Crippen MR) is 74.5 cm³/mol. The Bertz CT molecular complexity index is 388. The number of nitrogens with one attached hydrogen (secondary N) is 2. The number of hydrogen-bond acceptors (Lipinski definition) is 4. The van der Waals surface area contributed by atoms with Crippen LogP contribution in [-0.4, -0.2) is 51.3 Å². The van der Waals surface area contributed by atoms with Crippen LogP contribution in [0.4, 0.5) is 4.79 Å². The lowest BCUT2D eigenvalue weighted by Crippen LogP contribution is -2.48. The number of amides is 3. The van der Waals surface area contributed by atoms with Gasteiger partial charge in [-0.1, -0.05) is 0 Å². The Morgan fingerprint density at radius 1 is 1.25 bits per heavy atom. The smallest absolute Gasteiger partial charge is 0.326 e. The number of carbonyl (C=O) groups is 3. The van der Waals surface area contributed by atoms with Crippen molar-refractivity contribution in [3.05, 3.63) is 0 Å². The molecule has 0 rings (SSSR count). The first-order valence-corrected chi connectivity index (χ1v) is 7.83. The second-order valence-electron chi connectivity index (χ2n) is 4.48. The van der Waals surface area contributed by atoms with Crippen LogP contribution in [0.3, 0.4) is 0 Å². The maximum atomic E-state index is 11.6. The molecule has 0 aromatic rings. The first-order valence-electron chi connectivity index (χ1n) is 6.10. The molecule has 0 radical (unpaired) electrons. The van der Waals surface area contributed by atoms with Crippen LogP contribution in [-0.2, 0) is 20.4 Å². The van der Waals surface area contributed by atoms with E-state index in [1.54, 1.807) is 13.2 Å². The van der Waals surface area contributed by atoms with E-state index in [0.717, 1.165) is 0 Å². The van der Waals surface area contributed by atoms with Crippen molar-refractivity contribution in [2.45, 2.75) is 38.3 Å².